The summed E-state index contributed by atoms with van der Waals surface area (Å²) < 4.78 is 36.8. The van der Waals surface area contributed by atoms with Gasteiger partial charge in [0.15, 0.2) is 6.29 Å². The van der Waals surface area contributed by atoms with Crippen molar-refractivity contribution < 1.29 is 22.7 Å². The van der Waals surface area contributed by atoms with Crippen LogP contribution in [0.15, 0.2) is 42.6 Å². The van der Waals surface area contributed by atoms with Gasteiger partial charge in [-0.2, -0.15) is 5.10 Å². The third kappa shape index (κ3) is 5.36. The number of nitrogens with zero attached hydrogens (tertiary/aromatic N) is 3. The normalized spacial score (nSPS) is 15.2. The Morgan fingerprint density at radius 2 is 1.84 bits per heavy atom. The summed E-state index contributed by atoms with van der Waals surface area (Å²) in [6.07, 6.45) is 10.2. The fourth-order valence-corrected chi connectivity index (χ4v) is 7.18. The number of nitrogens with one attached hydrogen (secondary N) is 1. The lowest BCUT2D eigenvalue weighted by Crippen LogP contribution is -2.35. The second-order valence-corrected chi connectivity index (χ2v) is 14.0. The Morgan fingerprint density at radius 1 is 1.09 bits per heavy atom. The minimum atomic E-state index is -3.80. The van der Waals surface area contributed by atoms with E-state index in [0.29, 0.717) is 18.0 Å². The number of methoxy groups -OCH3 is 1. The number of benzene rings is 2. The molecule has 0 atom stereocenters. The van der Waals surface area contributed by atoms with Crippen LogP contribution in [0.2, 0.25) is 0 Å². The molecule has 6 rings (SSSR count). The predicted molar refractivity (Wildman–Crippen MR) is 174 cm³/mol. The first-order valence-corrected chi connectivity index (χ1v) is 16.3. The lowest BCUT2D eigenvalue weighted by molar-refractivity contribution is 0.0980. The third-order valence-corrected chi connectivity index (χ3v) is 10.5. The number of hydrogen-bond acceptors (Lipinski definition) is 6. The number of rotatable bonds is 7. The van der Waals surface area contributed by atoms with Crippen LogP contribution < -0.4 is 9.46 Å². The number of fused-ring (bicyclic) bond motifs is 5. The molecule has 1 amide bonds. The van der Waals surface area contributed by atoms with Gasteiger partial charge in [-0.3, -0.25) is 14.3 Å². The van der Waals surface area contributed by atoms with Crippen LogP contribution in [0.3, 0.4) is 0 Å². The maximum absolute atomic E-state index is 13.2. The number of aldehydes is 1. The van der Waals surface area contributed by atoms with E-state index in [-0.39, 0.29) is 13.0 Å². The zero-order valence-corrected chi connectivity index (χ0v) is 25.7. The summed E-state index contributed by atoms with van der Waals surface area (Å²) in [6, 6.07) is 11.5. The van der Waals surface area contributed by atoms with Gasteiger partial charge in [-0.15, -0.1) is 0 Å². The second kappa shape index (κ2) is 12.1. The van der Waals surface area contributed by atoms with Gasteiger partial charge in [0, 0.05) is 29.1 Å². The summed E-state index contributed by atoms with van der Waals surface area (Å²) in [5, 5.41) is 4.68. The highest BCUT2D eigenvalue weighted by atomic mass is 32.2. The van der Waals surface area contributed by atoms with Gasteiger partial charge >= 0.3 is 0 Å². The molecule has 9 nitrogen and oxygen atoms in total. The molecule has 3 heterocycles. The van der Waals surface area contributed by atoms with Crippen molar-refractivity contribution in [2.45, 2.75) is 71.1 Å². The number of amides is 1. The summed E-state index contributed by atoms with van der Waals surface area (Å²) >= 11 is 0. The Hall–Kier alpha value is -4.18. The smallest absolute Gasteiger partial charge is 0.264 e. The molecule has 0 bridgehead atoms. The minimum absolute atomic E-state index is 0. The summed E-state index contributed by atoms with van der Waals surface area (Å²) in [6.45, 7) is 3.49. The van der Waals surface area contributed by atoms with Crippen LogP contribution in [0.4, 0.5) is 0 Å². The van der Waals surface area contributed by atoms with Crippen LogP contribution in [0, 0.1) is 0 Å². The number of sulfonamides is 1. The van der Waals surface area contributed by atoms with Crippen LogP contribution in [-0.4, -0.2) is 47.3 Å². The molecule has 1 aliphatic carbocycles. The maximum Gasteiger partial charge on any atom is 0.264 e. The van der Waals surface area contributed by atoms with Crippen molar-refractivity contribution in [3.8, 4) is 17.0 Å². The molecule has 2 aromatic heterocycles. The molecular formula is C34H40N4O5S. The van der Waals surface area contributed by atoms with Gasteiger partial charge < -0.3 is 9.30 Å². The zero-order chi connectivity index (χ0) is 30.5. The molecule has 1 N–H and O–H groups in total. The van der Waals surface area contributed by atoms with Crippen molar-refractivity contribution in [3.63, 3.8) is 0 Å². The Balaban J connectivity index is 0.00000384. The van der Waals surface area contributed by atoms with Crippen molar-refractivity contribution in [3.05, 3.63) is 70.5 Å². The highest BCUT2D eigenvalue weighted by Crippen LogP contribution is 2.47. The van der Waals surface area contributed by atoms with E-state index < -0.39 is 21.2 Å². The standard InChI is InChI=1S/C33H36N4O5S.CH4/c1-20(2)43(40,41)35-33(39)22-10-12-28-29(16-22)37-18-24(31-25(19-38)17-34-36(31)3)14-23-15-26(42-4)11-13-27(23)32(37)30(28)21-8-6-5-7-9-21;/h10-17,19-21H,5-9,18H2,1-4H3,(H,35,39);1H4. The van der Waals surface area contributed by atoms with Gasteiger partial charge in [0.2, 0.25) is 10.0 Å². The van der Waals surface area contributed by atoms with Crippen molar-refractivity contribution in [1.29, 1.82) is 0 Å². The second-order valence-electron chi connectivity index (χ2n) is 11.8. The Labute approximate surface area is 259 Å². The number of allylic oxidation sites excluding steroid dienone is 1. The molecule has 1 aliphatic heterocycles. The van der Waals surface area contributed by atoms with Gasteiger partial charge in [-0.05, 0) is 85.7 Å². The Morgan fingerprint density at radius 3 is 2.52 bits per heavy atom. The van der Waals surface area contributed by atoms with E-state index in [4.69, 9.17) is 4.74 Å². The average molecular weight is 617 g/mol. The molecule has 10 heteroatoms. The average Bonchev–Trinajstić information content (AvgIpc) is 3.47. The first-order chi connectivity index (χ1) is 20.6. The summed E-state index contributed by atoms with van der Waals surface area (Å²) in [5.74, 6) is 0.408. The molecular weight excluding hydrogens is 576 g/mol. The van der Waals surface area contributed by atoms with Crippen LogP contribution in [-0.2, 0) is 23.6 Å². The predicted octanol–water partition coefficient (Wildman–Crippen LogP) is 6.57. The van der Waals surface area contributed by atoms with Crippen molar-refractivity contribution in [2.24, 2.45) is 7.05 Å². The third-order valence-electron chi connectivity index (χ3n) is 8.81. The van der Waals surface area contributed by atoms with Gasteiger partial charge in [-0.1, -0.05) is 32.8 Å². The number of ether oxygens (including phenoxy) is 1. The lowest BCUT2D eigenvalue weighted by atomic mass is 9.81. The molecule has 2 aromatic carbocycles. The van der Waals surface area contributed by atoms with Gasteiger partial charge in [-0.25, -0.2) is 13.1 Å². The molecule has 0 unspecified atom stereocenters. The van der Waals surface area contributed by atoms with E-state index in [1.54, 1.807) is 30.1 Å². The van der Waals surface area contributed by atoms with Crippen LogP contribution >= 0.6 is 0 Å². The molecule has 4 aromatic rings. The highest BCUT2D eigenvalue weighted by Gasteiger charge is 2.31. The quantitative estimate of drug-likeness (QED) is 0.235. The molecule has 0 radical (unpaired) electrons. The van der Waals surface area contributed by atoms with Crippen LogP contribution in [0.1, 0.15) is 96.8 Å². The zero-order valence-electron chi connectivity index (χ0n) is 24.9. The summed E-state index contributed by atoms with van der Waals surface area (Å²) in [7, 11) is -0.338. The molecule has 2 aliphatic rings. The lowest BCUT2D eigenvalue weighted by Gasteiger charge is -2.24. The topological polar surface area (TPSA) is 112 Å². The van der Waals surface area contributed by atoms with Crippen LogP contribution in [0.5, 0.6) is 5.75 Å². The molecule has 1 saturated carbocycles. The number of aromatic nitrogens is 3. The van der Waals surface area contributed by atoms with E-state index in [9.17, 15) is 18.0 Å². The van der Waals surface area contributed by atoms with E-state index in [1.807, 2.05) is 25.2 Å². The van der Waals surface area contributed by atoms with Crippen LogP contribution in [0.25, 0.3) is 33.8 Å². The summed E-state index contributed by atoms with van der Waals surface area (Å²) in [4.78, 5) is 25.3. The van der Waals surface area contributed by atoms with Crippen molar-refractivity contribution >= 4 is 44.8 Å². The Kier molecular flexibility index (Phi) is 8.57. The monoisotopic (exact) mass is 616 g/mol. The van der Waals surface area contributed by atoms with E-state index in [2.05, 4.69) is 26.5 Å². The van der Waals surface area contributed by atoms with Gasteiger partial charge in [0.05, 0.1) is 42.1 Å². The van der Waals surface area contributed by atoms with Gasteiger partial charge in [0.25, 0.3) is 5.91 Å². The van der Waals surface area contributed by atoms with Crippen molar-refractivity contribution in [2.75, 3.05) is 7.11 Å². The molecule has 1 fully saturated rings. The number of aryl methyl sites for hydroxylation is 1. The Bertz CT molecular complexity index is 1890. The van der Waals surface area contributed by atoms with E-state index >= 15 is 0 Å². The number of carbonyl (C=O) groups is 2. The fraction of sp³-hybridized carbons (Fsp3) is 0.382. The fourth-order valence-electron chi connectivity index (χ4n) is 6.57. The first-order valence-electron chi connectivity index (χ1n) is 14.7. The molecule has 0 saturated heterocycles. The highest BCUT2D eigenvalue weighted by molar-refractivity contribution is 7.90. The SMILES string of the molecule is C.COc1ccc2c(c1)C=C(c1c(C=O)cnn1C)Cn1c-2c(C2CCCCC2)c2ccc(C(=O)NS(=O)(=O)C(C)C)cc21. The first kappa shape index (κ1) is 31.3. The molecule has 232 valence electrons. The summed E-state index contributed by atoms with van der Waals surface area (Å²) in [5.41, 5.74) is 7.54. The van der Waals surface area contributed by atoms with Gasteiger partial charge in [0.1, 0.15) is 5.75 Å². The number of carbonyl (C=O) groups excluding carboxylic acids is 2. The minimum Gasteiger partial charge on any atom is -0.497 e. The molecule has 0 spiro atoms. The van der Waals surface area contributed by atoms with Crippen molar-refractivity contribution in [1.82, 2.24) is 19.1 Å². The largest absolute Gasteiger partial charge is 0.497 e. The molecule has 44 heavy (non-hydrogen) atoms. The van der Waals surface area contributed by atoms with E-state index in [0.717, 1.165) is 76.7 Å². The van der Waals surface area contributed by atoms with E-state index in [1.165, 1.54) is 25.8 Å². The number of hydrogen-bond donors (Lipinski definition) is 1. The maximum atomic E-state index is 13.2.